The largest absolute Gasteiger partial charge is 0.454 e. The lowest BCUT2D eigenvalue weighted by atomic mass is 9.99. The summed E-state index contributed by atoms with van der Waals surface area (Å²) in [5.41, 5.74) is 3.67. The van der Waals surface area contributed by atoms with E-state index in [-0.39, 0.29) is 16.9 Å². The number of benzene rings is 1. The van der Waals surface area contributed by atoms with Gasteiger partial charge in [-0.25, -0.2) is 0 Å². The molecule has 0 amide bonds. The maximum Gasteiger partial charge on any atom is 0.274 e. The highest BCUT2D eigenvalue weighted by molar-refractivity contribution is 6.07. The first-order chi connectivity index (χ1) is 13.5. The minimum absolute atomic E-state index is 0.0777. The molecule has 1 aromatic carbocycles. The fourth-order valence-corrected chi connectivity index (χ4v) is 4.79. The van der Waals surface area contributed by atoms with Gasteiger partial charge in [0.1, 0.15) is 11.2 Å². The van der Waals surface area contributed by atoms with Gasteiger partial charge in [0.2, 0.25) is 0 Å². The molecule has 6 heteroatoms. The van der Waals surface area contributed by atoms with Crippen LogP contribution in [0, 0.1) is 0 Å². The topological polar surface area (TPSA) is 83.8 Å². The number of nitrogens with zero attached hydrogens (tertiary/aromatic N) is 1. The molecular weight excluding hydrogens is 354 g/mol. The molecule has 0 aliphatic heterocycles. The monoisotopic (exact) mass is 379 g/mol. The second-order valence-corrected chi connectivity index (χ2v) is 8.34. The van der Waals surface area contributed by atoms with E-state index < -0.39 is 0 Å². The summed E-state index contributed by atoms with van der Waals surface area (Å²) in [5.74, 6) is 0.109. The molecule has 1 saturated carbocycles. The summed E-state index contributed by atoms with van der Waals surface area (Å²) in [6.45, 7) is 4.14. The molecule has 5 rings (SSSR count). The minimum atomic E-state index is -0.0805. The van der Waals surface area contributed by atoms with Crippen LogP contribution < -0.4 is 11.0 Å². The molecular formula is C22H25N3O3. The van der Waals surface area contributed by atoms with Gasteiger partial charge < -0.3 is 9.40 Å². The zero-order valence-electron chi connectivity index (χ0n) is 16.3. The third-order valence-electron chi connectivity index (χ3n) is 6.11. The highest BCUT2D eigenvalue weighted by Gasteiger charge is 2.25. The first-order valence-corrected chi connectivity index (χ1v) is 10.3. The van der Waals surface area contributed by atoms with Crippen LogP contribution in [-0.4, -0.2) is 14.8 Å². The lowest BCUT2D eigenvalue weighted by molar-refractivity contribution is 0.413. The molecule has 0 atom stereocenters. The number of fused-ring (bicyclic) bond motifs is 4. The smallest absolute Gasteiger partial charge is 0.274 e. The summed E-state index contributed by atoms with van der Waals surface area (Å²) in [7, 11) is 0. The average molecular weight is 379 g/mol. The molecule has 0 bridgehead atoms. The van der Waals surface area contributed by atoms with Gasteiger partial charge in [-0.2, -0.15) is 0 Å². The molecule has 1 aliphatic carbocycles. The van der Waals surface area contributed by atoms with Crippen molar-refractivity contribution in [3.05, 3.63) is 44.3 Å². The minimum Gasteiger partial charge on any atom is -0.454 e. The zero-order valence-corrected chi connectivity index (χ0v) is 16.3. The summed E-state index contributed by atoms with van der Waals surface area (Å²) in [6, 6.07) is 5.17. The first-order valence-electron chi connectivity index (χ1n) is 10.3. The number of hydrogen-bond acceptors (Lipinski definition) is 3. The van der Waals surface area contributed by atoms with Crippen LogP contribution in [0.5, 0.6) is 0 Å². The number of aromatic amines is 2. The molecule has 0 spiro atoms. The number of H-pyrrole nitrogens is 2. The lowest BCUT2D eigenvalue weighted by Gasteiger charge is -2.17. The van der Waals surface area contributed by atoms with E-state index in [0.29, 0.717) is 22.6 Å². The van der Waals surface area contributed by atoms with Crippen LogP contribution in [0.1, 0.15) is 69.9 Å². The van der Waals surface area contributed by atoms with Gasteiger partial charge in [-0.3, -0.25) is 19.4 Å². The van der Waals surface area contributed by atoms with Crippen molar-refractivity contribution >= 4 is 33.1 Å². The molecule has 0 radical (unpaired) electrons. The Labute approximate surface area is 161 Å². The zero-order chi connectivity index (χ0) is 19.4. The van der Waals surface area contributed by atoms with Gasteiger partial charge in [0.15, 0.2) is 11.0 Å². The summed E-state index contributed by atoms with van der Waals surface area (Å²) >= 11 is 0. The predicted molar refractivity (Wildman–Crippen MR) is 111 cm³/mol. The van der Waals surface area contributed by atoms with Crippen LogP contribution in [0.2, 0.25) is 0 Å². The molecule has 0 saturated heterocycles. The van der Waals surface area contributed by atoms with Gasteiger partial charge in [0, 0.05) is 17.0 Å². The van der Waals surface area contributed by atoms with Crippen LogP contribution in [-0.2, 0) is 0 Å². The standard InChI is InChI=1S/C22H25N3O3/c1-12(2)17-18-21(25(24-22(18)27)13-7-5-3-4-6-8-13)23-19-15-10-9-14(26)11-16(15)28-20(17)19/h9-13,23H,3-8H2,1-2H3,(H,24,27). The van der Waals surface area contributed by atoms with Gasteiger partial charge in [-0.1, -0.05) is 39.5 Å². The highest BCUT2D eigenvalue weighted by Crippen LogP contribution is 2.37. The third-order valence-corrected chi connectivity index (χ3v) is 6.11. The Kier molecular flexibility index (Phi) is 3.96. The number of aromatic nitrogens is 3. The van der Waals surface area contributed by atoms with Gasteiger partial charge in [-0.15, -0.1) is 0 Å². The number of nitrogens with one attached hydrogen (secondary N) is 2. The summed E-state index contributed by atoms with van der Waals surface area (Å²) in [6.07, 6.45) is 7.05. The molecule has 3 aromatic heterocycles. The fraction of sp³-hybridized carbons (Fsp3) is 0.455. The van der Waals surface area contributed by atoms with E-state index in [1.165, 1.54) is 31.7 Å². The molecule has 6 nitrogen and oxygen atoms in total. The Morgan fingerprint density at radius 3 is 2.57 bits per heavy atom. The second kappa shape index (κ2) is 6.40. The van der Waals surface area contributed by atoms with Gasteiger partial charge in [0.25, 0.3) is 5.56 Å². The van der Waals surface area contributed by atoms with E-state index in [4.69, 9.17) is 4.42 Å². The number of rotatable bonds is 2. The molecule has 1 fully saturated rings. The molecule has 28 heavy (non-hydrogen) atoms. The summed E-state index contributed by atoms with van der Waals surface area (Å²) in [5, 5.41) is 4.65. The predicted octanol–water partition coefficient (Wildman–Crippen LogP) is 4.94. The highest BCUT2D eigenvalue weighted by atomic mass is 16.3. The average Bonchev–Trinajstić information content (AvgIpc) is 3.03. The van der Waals surface area contributed by atoms with Crippen molar-refractivity contribution in [2.24, 2.45) is 0 Å². The number of hydrogen-bond donors (Lipinski definition) is 2. The van der Waals surface area contributed by atoms with Crippen molar-refractivity contribution < 1.29 is 4.42 Å². The SMILES string of the molecule is CC(C)c1c2oc3cc(=O)ccc3c2[nH]c2c1c(=O)[nH]n2C1CCCCCC1. The Bertz CT molecular complexity index is 1290. The number of furan rings is 1. The van der Waals surface area contributed by atoms with Crippen molar-refractivity contribution in [2.75, 3.05) is 0 Å². The van der Waals surface area contributed by atoms with Gasteiger partial charge in [-0.05, 0) is 30.9 Å². The molecule has 2 N–H and O–H groups in total. The van der Waals surface area contributed by atoms with Gasteiger partial charge >= 0.3 is 0 Å². The Morgan fingerprint density at radius 2 is 1.86 bits per heavy atom. The van der Waals surface area contributed by atoms with Crippen LogP contribution in [0.15, 0.2) is 32.2 Å². The van der Waals surface area contributed by atoms with E-state index in [0.717, 1.165) is 35.0 Å². The third kappa shape index (κ3) is 2.54. The quantitative estimate of drug-likeness (QED) is 0.484. The van der Waals surface area contributed by atoms with Gasteiger partial charge in [0.05, 0.1) is 16.9 Å². The molecule has 146 valence electrons. The van der Waals surface area contributed by atoms with Crippen molar-refractivity contribution in [1.82, 2.24) is 14.8 Å². The van der Waals surface area contributed by atoms with E-state index in [9.17, 15) is 9.59 Å². The molecule has 1 aliphatic rings. The second-order valence-electron chi connectivity index (χ2n) is 8.34. The van der Waals surface area contributed by atoms with Crippen molar-refractivity contribution in [3.8, 4) is 0 Å². The van der Waals surface area contributed by atoms with E-state index in [1.807, 2.05) is 0 Å². The molecule has 3 heterocycles. The summed E-state index contributed by atoms with van der Waals surface area (Å²) < 4.78 is 8.12. The summed E-state index contributed by atoms with van der Waals surface area (Å²) in [4.78, 5) is 28.2. The van der Waals surface area contributed by atoms with E-state index >= 15 is 0 Å². The Hall–Kier alpha value is -2.76. The Morgan fingerprint density at radius 1 is 1.11 bits per heavy atom. The molecule has 4 aromatic rings. The van der Waals surface area contributed by atoms with Crippen LogP contribution in [0.3, 0.4) is 0 Å². The van der Waals surface area contributed by atoms with Crippen molar-refractivity contribution in [1.29, 1.82) is 0 Å². The molecule has 0 unspecified atom stereocenters. The van der Waals surface area contributed by atoms with E-state index in [1.54, 1.807) is 12.1 Å². The van der Waals surface area contributed by atoms with Crippen LogP contribution in [0.25, 0.3) is 33.1 Å². The maximum absolute atomic E-state index is 13.0. The van der Waals surface area contributed by atoms with Crippen LogP contribution in [0.4, 0.5) is 0 Å². The van der Waals surface area contributed by atoms with Crippen molar-refractivity contribution in [2.45, 2.75) is 64.3 Å². The maximum atomic E-state index is 13.0. The first kappa shape index (κ1) is 17.3. The number of pyridine rings is 1. The van der Waals surface area contributed by atoms with E-state index in [2.05, 4.69) is 28.6 Å². The van der Waals surface area contributed by atoms with Crippen molar-refractivity contribution in [3.63, 3.8) is 0 Å². The normalized spacial score (nSPS) is 16.5. The Balaban J connectivity index is 1.89. The van der Waals surface area contributed by atoms with Crippen LogP contribution >= 0.6 is 0 Å². The lowest BCUT2D eigenvalue weighted by Crippen LogP contribution is -2.13. The fourth-order valence-electron chi connectivity index (χ4n) is 4.79.